The van der Waals surface area contributed by atoms with Crippen LogP contribution in [-0.2, 0) is 9.53 Å². The molecule has 1 unspecified atom stereocenters. The fourth-order valence-corrected chi connectivity index (χ4v) is 1.52. The molecule has 1 aromatic rings. The molecule has 1 aromatic carbocycles. The van der Waals surface area contributed by atoms with Gasteiger partial charge in [-0.2, -0.15) is 0 Å². The molecule has 1 rings (SSSR count). The molecule has 104 valence electrons. The topological polar surface area (TPSA) is 55.4 Å². The average molecular weight is 271 g/mol. The van der Waals surface area contributed by atoms with Crippen LogP contribution in [0.15, 0.2) is 18.2 Å². The van der Waals surface area contributed by atoms with E-state index in [2.05, 4.69) is 10.1 Å². The lowest BCUT2D eigenvalue weighted by Gasteiger charge is -2.19. The van der Waals surface area contributed by atoms with Gasteiger partial charge in [0.2, 0.25) is 0 Å². The number of rotatable bonds is 4. The summed E-state index contributed by atoms with van der Waals surface area (Å²) in [4.78, 5) is 23.3. The zero-order valence-corrected chi connectivity index (χ0v) is 10.9. The molecule has 0 spiro atoms. The maximum atomic E-state index is 13.4. The second kappa shape index (κ2) is 6.26. The van der Waals surface area contributed by atoms with Gasteiger partial charge < -0.3 is 10.1 Å². The molecule has 0 aliphatic carbocycles. The van der Waals surface area contributed by atoms with E-state index < -0.39 is 35.1 Å². The molecule has 0 saturated heterocycles. The molecule has 0 saturated carbocycles. The van der Waals surface area contributed by atoms with Crippen molar-refractivity contribution in [3.8, 4) is 0 Å². The number of hydrogen-bond donors (Lipinski definition) is 1. The van der Waals surface area contributed by atoms with E-state index in [0.29, 0.717) is 0 Å². The molecule has 0 radical (unpaired) electrons. The predicted octanol–water partition coefficient (Wildman–Crippen LogP) is 1.89. The van der Waals surface area contributed by atoms with E-state index in [0.717, 1.165) is 12.1 Å². The molecule has 1 N–H and O–H groups in total. The Morgan fingerprint density at radius 3 is 2.42 bits per heavy atom. The van der Waals surface area contributed by atoms with E-state index in [4.69, 9.17) is 0 Å². The van der Waals surface area contributed by atoms with Gasteiger partial charge in [-0.05, 0) is 18.1 Å². The third-order valence-electron chi connectivity index (χ3n) is 2.60. The summed E-state index contributed by atoms with van der Waals surface area (Å²) in [5.74, 6) is -4.10. The van der Waals surface area contributed by atoms with E-state index in [-0.39, 0.29) is 5.92 Å². The van der Waals surface area contributed by atoms with Crippen molar-refractivity contribution >= 4 is 11.9 Å². The van der Waals surface area contributed by atoms with Gasteiger partial charge in [-0.1, -0.05) is 19.9 Å². The Morgan fingerprint density at radius 1 is 1.26 bits per heavy atom. The van der Waals surface area contributed by atoms with Gasteiger partial charge in [-0.3, -0.25) is 4.79 Å². The number of hydrogen-bond acceptors (Lipinski definition) is 3. The number of halogens is 2. The molecular weight excluding hydrogens is 256 g/mol. The maximum Gasteiger partial charge on any atom is 0.328 e. The van der Waals surface area contributed by atoms with E-state index in [9.17, 15) is 18.4 Å². The van der Waals surface area contributed by atoms with Crippen molar-refractivity contribution in [1.82, 2.24) is 5.32 Å². The van der Waals surface area contributed by atoms with E-state index in [1.807, 2.05) is 0 Å². The third-order valence-corrected chi connectivity index (χ3v) is 2.60. The number of nitrogens with one attached hydrogen (secondary N) is 1. The molecular formula is C13H15F2NO3. The van der Waals surface area contributed by atoms with Crippen molar-refractivity contribution in [2.75, 3.05) is 7.11 Å². The van der Waals surface area contributed by atoms with E-state index in [1.54, 1.807) is 13.8 Å². The number of carbonyl (C=O) groups excluding carboxylic acids is 2. The zero-order chi connectivity index (χ0) is 14.6. The van der Waals surface area contributed by atoms with Gasteiger partial charge in [0.1, 0.15) is 6.04 Å². The summed E-state index contributed by atoms with van der Waals surface area (Å²) in [6, 6.07) is 2.35. The van der Waals surface area contributed by atoms with Crippen LogP contribution in [0.2, 0.25) is 0 Å². The lowest BCUT2D eigenvalue weighted by Crippen LogP contribution is -2.45. The molecule has 0 aliphatic rings. The van der Waals surface area contributed by atoms with Crippen molar-refractivity contribution in [2.45, 2.75) is 19.9 Å². The Bertz CT molecular complexity index is 489. The van der Waals surface area contributed by atoms with Gasteiger partial charge in [0.25, 0.3) is 5.91 Å². The van der Waals surface area contributed by atoms with Crippen LogP contribution in [0.25, 0.3) is 0 Å². The largest absolute Gasteiger partial charge is 0.467 e. The summed E-state index contributed by atoms with van der Waals surface area (Å²) >= 11 is 0. The molecule has 0 aliphatic heterocycles. The molecule has 0 bridgehead atoms. The van der Waals surface area contributed by atoms with Crippen molar-refractivity contribution in [1.29, 1.82) is 0 Å². The van der Waals surface area contributed by atoms with Crippen LogP contribution in [0.4, 0.5) is 8.78 Å². The summed E-state index contributed by atoms with van der Waals surface area (Å²) in [6.45, 7) is 3.40. The van der Waals surface area contributed by atoms with Gasteiger partial charge in [-0.15, -0.1) is 0 Å². The second-order valence-electron chi connectivity index (χ2n) is 4.32. The molecule has 0 heterocycles. The average Bonchev–Trinajstić information content (AvgIpc) is 2.37. The van der Waals surface area contributed by atoms with Gasteiger partial charge in [0.05, 0.1) is 12.7 Å². The Labute approximate surface area is 109 Å². The number of methoxy groups -OCH3 is 1. The van der Waals surface area contributed by atoms with Crippen LogP contribution in [0.3, 0.4) is 0 Å². The Hall–Kier alpha value is -1.98. The summed E-state index contributed by atoms with van der Waals surface area (Å²) in [6.07, 6.45) is 0. The number of ether oxygens (including phenoxy) is 1. The van der Waals surface area contributed by atoms with Crippen molar-refractivity contribution < 1.29 is 23.1 Å². The molecule has 19 heavy (non-hydrogen) atoms. The van der Waals surface area contributed by atoms with Crippen molar-refractivity contribution in [2.24, 2.45) is 5.92 Å². The summed E-state index contributed by atoms with van der Waals surface area (Å²) in [5, 5.41) is 2.33. The number of carbonyl (C=O) groups is 2. The fourth-order valence-electron chi connectivity index (χ4n) is 1.52. The van der Waals surface area contributed by atoms with Gasteiger partial charge in [0, 0.05) is 0 Å². The SMILES string of the molecule is COC(=O)C(NC(=O)c1cccc(F)c1F)C(C)C. The first-order chi connectivity index (χ1) is 8.88. The van der Waals surface area contributed by atoms with E-state index in [1.165, 1.54) is 13.2 Å². The van der Waals surface area contributed by atoms with Crippen LogP contribution in [-0.4, -0.2) is 25.0 Å². The van der Waals surface area contributed by atoms with Crippen LogP contribution in [0.1, 0.15) is 24.2 Å². The summed E-state index contributed by atoms with van der Waals surface area (Å²) in [5.41, 5.74) is -0.449. The van der Waals surface area contributed by atoms with E-state index >= 15 is 0 Å². The highest BCUT2D eigenvalue weighted by Gasteiger charge is 2.26. The number of benzene rings is 1. The van der Waals surface area contributed by atoms with Crippen LogP contribution in [0, 0.1) is 17.6 Å². The maximum absolute atomic E-state index is 13.4. The standard InChI is InChI=1S/C13H15F2NO3/c1-7(2)11(13(18)19-3)16-12(17)8-5-4-6-9(14)10(8)15/h4-7,11H,1-3H3,(H,16,17). The Morgan fingerprint density at radius 2 is 1.89 bits per heavy atom. The summed E-state index contributed by atoms with van der Waals surface area (Å²) in [7, 11) is 1.19. The van der Waals surface area contributed by atoms with Gasteiger partial charge >= 0.3 is 5.97 Å². The second-order valence-corrected chi connectivity index (χ2v) is 4.32. The highest BCUT2D eigenvalue weighted by atomic mass is 19.2. The molecule has 6 heteroatoms. The molecule has 4 nitrogen and oxygen atoms in total. The quantitative estimate of drug-likeness (QED) is 0.851. The minimum Gasteiger partial charge on any atom is -0.467 e. The first-order valence-corrected chi connectivity index (χ1v) is 5.71. The molecule has 0 aromatic heterocycles. The fraction of sp³-hybridized carbons (Fsp3) is 0.385. The third kappa shape index (κ3) is 3.49. The Kier molecular flexibility index (Phi) is 4.97. The molecule has 1 amide bonds. The zero-order valence-electron chi connectivity index (χ0n) is 10.9. The van der Waals surface area contributed by atoms with Crippen LogP contribution < -0.4 is 5.32 Å². The van der Waals surface area contributed by atoms with Gasteiger partial charge in [-0.25, -0.2) is 13.6 Å². The minimum absolute atomic E-state index is 0.243. The smallest absolute Gasteiger partial charge is 0.328 e. The predicted molar refractivity (Wildman–Crippen MR) is 64.5 cm³/mol. The first-order valence-electron chi connectivity index (χ1n) is 5.71. The Balaban J connectivity index is 2.94. The molecule has 0 fully saturated rings. The number of amides is 1. The molecule has 1 atom stereocenters. The highest BCUT2D eigenvalue weighted by Crippen LogP contribution is 2.12. The number of esters is 1. The lowest BCUT2D eigenvalue weighted by atomic mass is 10.0. The van der Waals surface area contributed by atoms with Gasteiger partial charge in [0.15, 0.2) is 11.6 Å². The van der Waals surface area contributed by atoms with Crippen LogP contribution >= 0.6 is 0 Å². The normalized spacial score (nSPS) is 12.1. The first kappa shape index (κ1) is 15.1. The highest BCUT2D eigenvalue weighted by molar-refractivity contribution is 5.97. The minimum atomic E-state index is -1.24. The van der Waals surface area contributed by atoms with Crippen molar-refractivity contribution in [3.05, 3.63) is 35.4 Å². The summed E-state index contributed by atoms with van der Waals surface area (Å²) < 4.78 is 31.0. The van der Waals surface area contributed by atoms with Crippen LogP contribution in [0.5, 0.6) is 0 Å². The van der Waals surface area contributed by atoms with Crippen molar-refractivity contribution in [3.63, 3.8) is 0 Å². The lowest BCUT2D eigenvalue weighted by molar-refractivity contribution is -0.144. The monoisotopic (exact) mass is 271 g/mol.